The van der Waals surface area contributed by atoms with Gasteiger partial charge >= 0.3 is 0 Å². The molecule has 17 heavy (non-hydrogen) atoms. The molecule has 1 fully saturated rings. The van der Waals surface area contributed by atoms with E-state index >= 15 is 0 Å². The number of primary amides is 1. The van der Waals surface area contributed by atoms with E-state index in [-0.39, 0.29) is 0 Å². The van der Waals surface area contributed by atoms with Gasteiger partial charge in [-0.3, -0.25) is 4.79 Å². The highest BCUT2D eigenvalue weighted by molar-refractivity contribution is 7.99. The quantitative estimate of drug-likeness (QED) is 0.741. The molecule has 1 aliphatic rings. The molecular weight excluding hydrogens is 236 g/mol. The van der Waals surface area contributed by atoms with Gasteiger partial charge in [0.1, 0.15) is 5.82 Å². The number of nitrogens with zero attached hydrogens (tertiary/aromatic N) is 1. The largest absolute Gasteiger partial charge is 0.397 e. The number of carbonyl (C=O) groups excluding carboxylic acids is 1. The Morgan fingerprint density at radius 1 is 1.65 bits per heavy atom. The lowest BCUT2D eigenvalue weighted by Crippen LogP contribution is -2.17. The van der Waals surface area contributed by atoms with Crippen molar-refractivity contribution in [2.75, 3.05) is 29.1 Å². The van der Waals surface area contributed by atoms with Crippen molar-refractivity contribution in [2.45, 2.75) is 6.42 Å². The number of pyridine rings is 1. The van der Waals surface area contributed by atoms with Crippen molar-refractivity contribution in [2.24, 2.45) is 11.7 Å². The Morgan fingerprint density at radius 2 is 2.47 bits per heavy atom. The minimum absolute atomic E-state index is 0.319. The van der Waals surface area contributed by atoms with Crippen molar-refractivity contribution in [1.82, 2.24) is 4.98 Å². The van der Waals surface area contributed by atoms with Crippen LogP contribution in [0.25, 0.3) is 0 Å². The van der Waals surface area contributed by atoms with Crippen LogP contribution in [-0.4, -0.2) is 28.9 Å². The van der Waals surface area contributed by atoms with Crippen LogP contribution in [0.4, 0.5) is 11.5 Å². The van der Waals surface area contributed by atoms with E-state index in [0.29, 0.717) is 23.0 Å². The minimum atomic E-state index is -0.524. The number of amides is 1. The molecule has 1 atom stereocenters. The zero-order valence-corrected chi connectivity index (χ0v) is 10.3. The smallest absolute Gasteiger partial charge is 0.250 e. The van der Waals surface area contributed by atoms with Gasteiger partial charge in [-0.05, 0) is 29.9 Å². The SMILES string of the molecule is NC(=O)c1cc(NCC2CCSC2)ncc1N. The summed E-state index contributed by atoms with van der Waals surface area (Å²) in [6.45, 7) is 0.877. The Labute approximate surface area is 104 Å². The summed E-state index contributed by atoms with van der Waals surface area (Å²) in [6, 6.07) is 1.61. The van der Waals surface area contributed by atoms with Gasteiger partial charge in [0.2, 0.25) is 0 Å². The Morgan fingerprint density at radius 3 is 3.12 bits per heavy atom. The van der Waals surface area contributed by atoms with Gasteiger partial charge in [-0.2, -0.15) is 11.8 Å². The summed E-state index contributed by atoms with van der Waals surface area (Å²) in [5.74, 6) is 3.23. The van der Waals surface area contributed by atoms with Crippen LogP contribution in [0.5, 0.6) is 0 Å². The van der Waals surface area contributed by atoms with Crippen LogP contribution < -0.4 is 16.8 Å². The number of nitrogens with two attached hydrogens (primary N) is 2. The normalized spacial score (nSPS) is 19.2. The lowest BCUT2D eigenvalue weighted by molar-refractivity contribution is 0.100. The van der Waals surface area contributed by atoms with E-state index in [1.807, 2.05) is 11.8 Å². The Bertz CT molecular complexity index is 418. The fourth-order valence-electron chi connectivity index (χ4n) is 1.77. The van der Waals surface area contributed by atoms with E-state index < -0.39 is 5.91 Å². The molecule has 5 nitrogen and oxygen atoms in total. The summed E-state index contributed by atoms with van der Waals surface area (Å²) >= 11 is 1.97. The number of thioether (sulfide) groups is 1. The maximum absolute atomic E-state index is 11.1. The molecular formula is C11H16N4OS. The second-order valence-electron chi connectivity index (χ2n) is 4.13. The summed E-state index contributed by atoms with van der Waals surface area (Å²) < 4.78 is 0. The fourth-order valence-corrected chi connectivity index (χ4v) is 3.05. The van der Waals surface area contributed by atoms with Gasteiger partial charge in [-0.25, -0.2) is 4.98 Å². The lowest BCUT2D eigenvalue weighted by Gasteiger charge is -2.11. The highest BCUT2D eigenvalue weighted by Crippen LogP contribution is 2.23. The highest BCUT2D eigenvalue weighted by Gasteiger charge is 2.15. The van der Waals surface area contributed by atoms with Gasteiger partial charge < -0.3 is 16.8 Å². The third-order valence-corrected chi connectivity index (χ3v) is 4.03. The lowest BCUT2D eigenvalue weighted by atomic mass is 10.1. The van der Waals surface area contributed by atoms with Crippen molar-refractivity contribution in [3.05, 3.63) is 17.8 Å². The van der Waals surface area contributed by atoms with Crippen molar-refractivity contribution >= 4 is 29.2 Å². The van der Waals surface area contributed by atoms with Crippen molar-refractivity contribution in [3.8, 4) is 0 Å². The van der Waals surface area contributed by atoms with Crippen LogP contribution in [0.1, 0.15) is 16.8 Å². The standard InChI is InChI=1S/C11H16N4OS/c12-9-5-15-10(3-8(9)11(13)16)14-4-7-1-2-17-6-7/h3,5,7H,1-2,4,6,12H2,(H2,13,16)(H,14,15). The number of rotatable bonds is 4. The molecule has 1 aliphatic heterocycles. The van der Waals surface area contributed by atoms with Crippen molar-refractivity contribution < 1.29 is 4.79 Å². The van der Waals surface area contributed by atoms with E-state index in [4.69, 9.17) is 11.5 Å². The van der Waals surface area contributed by atoms with E-state index in [1.165, 1.54) is 24.1 Å². The van der Waals surface area contributed by atoms with Gasteiger partial charge in [0, 0.05) is 6.54 Å². The first-order valence-electron chi connectivity index (χ1n) is 5.53. The molecule has 2 rings (SSSR count). The molecule has 1 saturated heterocycles. The van der Waals surface area contributed by atoms with Crippen LogP contribution in [0.15, 0.2) is 12.3 Å². The van der Waals surface area contributed by atoms with E-state index in [9.17, 15) is 4.79 Å². The van der Waals surface area contributed by atoms with Crippen molar-refractivity contribution in [3.63, 3.8) is 0 Å². The van der Waals surface area contributed by atoms with Crippen molar-refractivity contribution in [1.29, 1.82) is 0 Å². The molecule has 0 aromatic carbocycles. The summed E-state index contributed by atoms with van der Waals surface area (Å²) in [5, 5.41) is 3.22. The first-order valence-corrected chi connectivity index (χ1v) is 6.69. The summed E-state index contributed by atoms with van der Waals surface area (Å²) in [4.78, 5) is 15.2. The molecule has 0 spiro atoms. The molecule has 1 aromatic heterocycles. The molecule has 2 heterocycles. The van der Waals surface area contributed by atoms with Gasteiger partial charge in [0.15, 0.2) is 0 Å². The number of hydrogen-bond donors (Lipinski definition) is 3. The Balaban J connectivity index is 2.00. The van der Waals surface area contributed by atoms with Gasteiger partial charge in [0.25, 0.3) is 5.91 Å². The van der Waals surface area contributed by atoms with E-state index in [1.54, 1.807) is 6.07 Å². The topological polar surface area (TPSA) is 94.0 Å². The van der Waals surface area contributed by atoms with Gasteiger partial charge in [0.05, 0.1) is 17.4 Å². The molecule has 0 bridgehead atoms. The zero-order valence-electron chi connectivity index (χ0n) is 9.48. The number of aromatic nitrogens is 1. The third-order valence-electron chi connectivity index (χ3n) is 2.80. The Hall–Kier alpha value is -1.43. The molecule has 6 heteroatoms. The second kappa shape index (κ2) is 5.27. The fraction of sp³-hybridized carbons (Fsp3) is 0.455. The molecule has 1 aromatic rings. The molecule has 0 radical (unpaired) electrons. The zero-order chi connectivity index (χ0) is 12.3. The third kappa shape index (κ3) is 3.03. The van der Waals surface area contributed by atoms with Crippen LogP contribution in [-0.2, 0) is 0 Å². The minimum Gasteiger partial charge on any atom is -0.397 e. The van der Waals surface area contributed by atoms with E-state index in [2.05, 4.69) is 10.3 Å². The van der Waals surface area contributed by atoms with Crippen LogP contribution in [0.3, 0.4) is 0 Å². The number of carbonyl (C=O) groups is 1. The second-order valence-corrected chi connectivity index (χ2v) is 5.28. The summed E-state index contributed by atoms with van der Waals surface area (Å²) in [5.41, 5.74) is 11.5. The van der Waals surface area contributed by atoms with Crippen LogP contribution in [0, 0.1) is 5.92 Å². The van der Waals surface area contributed by atoms with Crippen LogP contribution >= 0.6 is 11.8 Å². The Kier molecular flexibility index (Phi) is 3.73. The number of nitrogen functional groups attached to an aromatic ring is 1. The maximum Gasteiger partial charge on any atom is 0.250 e. The first kappa shape index (κ1) is 12.0. The van der Waals surface area contributed by atoms with E-state index in [0.717, 1.165) is 6.54 Å². The maximum atomic E-state index is 11.1. The number of anilines is 2. The molecule has 1 unspecified atom stereocenters. The first-order chi connectivity index (χ1) is 8.16. The summed E-state index contributed by atoms with van der Waals surface area (Å²) in [7, 11) is 0. The van der Waals surface area contributed by atoms with Gasteiger partial charge in [-0.1, -0.05) is 0 Å². The summed E-state index contributed by atoms with van der Waals surface area (Å²) in [6.07, 6.45) is 2.70. The monoisotopic (exact) mass is 252 g/mol. The molecule has 5 N–H and O–H groups in total. The predicted octanol–water partition coefficient (Wildman–Crippen LogP) is 0.928. The molecule has 92 valence electrons. The van der Waals surface area contributed by atoms with Crippen LogP contribution in [0.2, 0.25) is 0 Å². The average molecular weight is 252 g/mol. The average Bonchev–Trinajstić information content (AvgIpc) is 2.80. The molecule has 1 amide bonds. The number of nitrogens with one attached hydrogen (secondary N) is 1. The number of hydrogen-bond acceptors (Lipinski definition) is 5. The molecule has 0 saturated carbocycles. The highest BCUT2D eigenvalue weighted by atomic mass is 32.2. The van der Waals surface area contributed by atoms with Gasteiger partial charge in [-0.15, -0.1) is 0 Å². The molecule has 0 aliphatic carbocycles. The predicted molar refractivity (Wildman–Crippen MR) is 71.1 cm³/mol.